The van der Waals surface area contributed by atoms with Crippen LogP contribution in [0.3, 0.4) is 0 Å². The Hall–Kier alpha value is -1.81. The summed E-state index contributed by atoms with van der Waals surface area (Å²) in [6.45, 7) is 1.68. The van der Waals surface area contributed by atoms with Gasteiger partial charge in [-0.3, -0.25) is 0 Å². The third kappa shape index (κ3) is 3.20. The SMILES string of the molecule is Cc1nc(S(=O)(=O)N2CCOC(C(=O)O)C2)c(-c2ccccc2)s1. The molecule has 2 heterocycles. The molecule has 3 rings (SSSR count). The number of carboxylic acids is 1. The van der Waals surface area contributed by atoms with Crippen molar-refractivity contribution in [1.29, 1.82) is 0 Å². The van der Waals surface area contributed by atoms with Gasteiger partial charge in [-0.05, 0) is 12.5 Å². The fourth-order valence-electron chi connectivity index (χ4n) is 2.47. The fourth-order valence-corrected chi connectivity index (χ4v) is 5.28. The lowest BCUT2D eigenvalue weighted by Gasteiger charge is -2.29. The largest absolute Gasteiger partial charge is 0.479 e. The van der Waals surface area contributed by atoms with Crippen LogP contribution in [0.4, 0.5) is 0 Å². The van der Waals surface area contributed by atoms with Gasteiger partial charge in [0.25, 0.3) is 10.0 Å². The van der Waals surface area contributed by atoms with Crippen molar-refractivity contribution in [1.82, 2.24) is 9.29 Å². The number of hydrogen-bond donors (Lipinski definition) is 1. The first kappa shape index (κ1) is 17.0. The number of benzene rings is 1. The molecule has 0 saturated carbocycles. The van der Waals surface area contributed by atoms with E-state index >= 15 is 0 Å². The molecule has 128 valence electrons. The molecule has 1 aromatic heterocycles. The van der Waals surface area contributed by atoms with E-state index in [1.807, 2.05) is 30.3 Å². The number of carbonyl (C=O) groups is 1. The number of nitrogens with zero attached hydrogens (tertiary/aromatic N) is 2. The van der Waals surface area contributed by atoms with Crippen LogP contribution in [0.25, 0.3) is 10.4 Å². The number of morpholine rings is 1. The van der Waals surface area contributed by atoms with Gasteiger partial charge in [-0.25, -0.2) is 18.2 Å². The molecule has 0 aliphatic carbocycles. The maximum atomic E-state index is 13.0. The number of aliphatic carboxylic acids is 1. The lowest BCUT2D eigenvalue weighted by atomic mass is 10.2. The Morgan fingerprint density at radius 2 is 2.08 bits per heavy atom. The molecule has 7 nitrogen and oxygen atoms in total. The monoisotopic (exact) mass is 368 g/mol. The average Bonchev–Trinajstić information content (AvgIpc) is 2.98. The molecule has 0 spiro atoms. The van der Waals surface area contributed by atoms with Crippen LogP contribution in [0.15, 0.2) is 35.4 Å². The van der Waals surface area contributed by atoms with Crippen molar-refractivity contribution in [2.24, 2.45) is 0 Å². The minimum Gasteiger partial charge on any atom is -0.479 e. The molecule has 2 aromatic rings. The number of carboxylic acid groups (broad SMARTS) is 1. The number of ether oxygens (including phenoxy) is 1. The van der Waals surface area contributed by atoms with Crippen LogP contribution in [0.5, 0.6) is 0 Å². The Labute approximate surface area is 143 Å². The molecule has 1 N–H and O–H groups in total. The van der Waals surface area contributed by atoms with Gasteiger partial charge in [0.1, 0.15) is 0 Å². The number of thiazole rings is 1. The summed E-state index contributed by atoms with van der Waals surface area (Å²) in [6, 6.07) is 9.16. The van der Waals surface area contributed by atoms with E-state index < -0.39 is 22.1 Å². The number of aromatic nitrogens is 1. The Morgan fingerprint density at radius 3 is 2.75 bits per heavy atom. The molecule has 1 fully saturated rings. The molecule has 9 heteroatoms. The van der Waals surface area contributed by atoms with E-state index in [1.165, 1.54) is 11.3 Å². The summed E-state index contributed by atoms with van der Waals surface area (Å²) in [6.07, 6.45) is -1.16. The van der Waals surface area contributed by atoms with Crippen molar-refractivity contribution in [2.45, 2.75) is 18.1 Å². The van der Waals surface area contributed by atoms with Gasteiger partial charge in [0.05, 0.1) is 23.0 Å². The minimum absolute atomic E-state index is 0.0257. The number of hydrogen-bond acceptors (Lipinski definition) is 6. The van der Waals surface area contributed by atoms with Gasteiger partial charge < -0.3 is 9.84 Å². The molecule has 1 saturated heterocycles. The van der Waals surface area contributed by atoms with Crippen molar-refractivity contribution in [3.8, 4) is 10.4 Å². The topological polar surface area (TPSA) is 96.8 Å². The van der Waals surface area contributed by atoms with Crippen LogP contribution in [0.1, 0.15) is 5.01 Å². The van der Waals surface area contributed by atoms with E-state index in [1.54, 1.807) is 6.92 Å². The van der Waals surface area contributed by atoms with E-state index in [2.05, 4.69) is 4.98 Å². The van der Waals surface area contributed by atoms with Crippen molar-refractivity contribution in [3.05, 3.63) is 35.3 Å². The van der Waals surface area contributed by atoms with E-state index in [9.17, 15) is 13.2 Å². The van der Waals surface area contributed by atoms with E-state index in [-0.39, 0.29) is 24.7 Å². The molecule has 1 atom stereocenters. The Morgan fingerprint density at radius 1 is 1.38 bits per heavy atom. The molecule has 0 amide bonds. The zero-order chi connectivity index (χ0) is 17.3. The first-order chi connectivity index (χ1) is 11.4. The van der Waals surface area contributed by atoms with Crippen molar-refractivity contribution < 1.29 is 23.1 Å². The van der Waals surface area contributed by atoms with E-state index in [0.29, 0.717) is 9.88 Å². The number of sulfonamides is 1. The van der Waals surface area contributed by atoms with Crippen molar-refractivity contribution >= 4 is 27.3 Å². The second-order valence-corrected chi connectivity index (χ2v) is 8.35. The van der Waals surface area contributed by atoms with Gasteiger partial charge in [0.2, 0.25) is 0 Å². The summed E-state index contributed by atoms with van der Waals surface area (Å²) in [4.78, 5) is 15.9. The molecule has 0 radical (unpaired) electrons. The van der Waals surface area contributed by atoms with Crippen LogP contribution in [0, 0.1) is 6.92 Å². The summed E-state index contributed by atoms with van der Waals surface area (Å²) in [7, 11) is -3.90. The Bertz CT molecular complexity index is 848. The van der Waals surface area contributed by atoms with E-state index in [0.717, 1.165) is 9.87 Å². The Balaban J connectivity index is 2.00. The fraction of sp³-hybridized carbons (Fsp3) is 0.333. The highest BCUT2D eigenvalue weighted by Gasteiger charge is 2.36. The van der Waals surface area contributed by atoms with Gasteiger partial charge in [-0.2, -0.15) is 4.31 Å². The zero-order valence-corrected chi connectivity index (χ0v) is 14.5. The highest BCUT2D eigenvalue weighted by molar-refractivity contribution is 7.89. The molecule has 1 aromatic carbocycles. The molecular weight excluding hydrogens is 352 g/mol. The summed E-state index contributed by atoms with van der Waals surface area (Å²) >= 11 is 1.30. The smallest absolute Gasteiger partial charge is 0.334 e. The summed E-state index contributed by atoms with van der Waals surface area (Å²) in [5.74, 6) is -1.17. The maximum Gasteiger partial charge on any atom is 0.334 e. The highest BCUT2D eigenvalue weighted by atomic mass is 32.2. The predicted octanol–water partition coefficient (Wildman–Crippen LogP) is 1.59. The van der Waals surface area contributed by atoms with Crippen LogP contribution in [-0.2, 0) is 19.6 Å². The standard InChI is InChI=1S/C15H16N2O5S2/c1-10-16-14(13(23-10)11-5-3-2-4-6-11)24(20,21)17-7-8-22-12(9-17)15(18)19/h2-6,12H,7-9H2,1H3,(H,18,19). The second-order valence-electron chi connectivity index (χ2n) is 5.29. The van der Waals surface area contributed by atoms with Crippen LogP contribution >= 0.6 is 11.3 Å². The van der Waals surface area contributed by atoms with Crippen LogP contribution in [0.2, 0.25) is 0 Å². The Kier molecular flexibility index (Phi) is 4.68. The third-order valence-corrected chi connectivity index (χ3v) is 6.57. The normalized spacial score (nSPS) is 19.3. The number of aryl methyl sites for hydroxylation is 1. The van der Waals surface area contributed by atoms with Gasteiger partial charge in [0, 0.05) is 6.54 Å². The molecule has 1 unspecified atom stereocenters. The lowest BCUT2D eigenvalue weighted by molar-refractivity contribution is -0.153. The second kappa shape index (κ2) is 6.60. The maximum absolute atomic E-state index is 13.0. The van der Waals surface area contributed by atoms with Crippen LogP contribution in [-0.4, -0.2) is 54.6 Å². The zero-order valence-electron chi connectivity index (χ0n) is 12.9. The van der Waals surface area contributed by atoms with E-state index in [4.69, 9.17) is 9.84 Å². The first-order valence-electron chi connectivity index (χ1n) is 7.27. The summed E-state index contributed by atoms with van der Waals surface area (Å²) < 4.78 is 32.2. The third-order valence-electron chi connectivity index (χ3n) is 3.63. The molecule has 0 bridgehead atoms. The molecular formula is C15H16N2O5S2. The lowest BCUT2D eigenvalue weighted by Crippen LogP contribution is -2.48. The van der Waals surface area contributed by atoms with Gasteiger partial charge in [-0.15, -0.1) is 11.3 Å². The average molecular weight is 368 g/mol. The van der Waals surface area contributed by atoms with Gasteiger partial charge in [-0.1, -0.05) is 30.3 Å². The molecule has 1 aliphatic rings. The van der Waals surface area contributed by atoms with Gasteiger partial charge in [0.15, 0.2) is 11.1 Å². The summed E-state index contributed by atoms with van der Waals surface area (Å²) in [5.41, 5.74) is 0.768. The quantitative estimate of drug-likeness (QED) is 0.880. The number of rotatable bonds is 4. The minimum atomic E-state index is -3.90. The highest BCUT2D eigenvalue weighted by Crippen LogP contribution is 2.34. The molecule has 24 heavy (non-hydrogen) atoms. The van der Waals surface area contributed by atoms with Crippen molar-refractivity contribution in [2.75, 3.05) is 19.7 Å². The van der Waals surface area contributed by atoms with Gasteiger partial charge >= 0.3 is 5.97 Å². The van der Waals surface area contributed by atoms with Crippen LogP contribution < -0.4 is 0 Å². The summed E-state index contributed by atoms with van der Waals surface area (Å²) in [5, 5.41) is 9.68. The first-order valence-corrected chi connectivity index (χ1v) is 9.52. The molecule has 1 aliphatic heterocycles. The van der Waals surface area contributed by atoms with Crippen molar-refractivity contribution in [3.63, 3.8) is 0 Å². The predicted molar refractivity (Wildman–Crippen MR) is 88.4 cm³/mol.